The molecule has 0 bridgehead atoms. The Morgan fingerprint density at radius 1 is 1.44 bits per heavy atom. The van der Waals surface area contributed by atoms with E-state index in [0.717, 1.165) is 6.42 Å². The minimum atomic E-state index is -1.02. The van der Waals surface area contributed by atoms with Gasteiger partial charge in [-0.15, -0.1) is 0 Å². The second-order valence-corrected chi connectivity index (χ2v) is 5.12. The summed E-state index contributed by atoms with van der Waals surface area (Å²) < 4.78 is 0. The summed E-state index contributed by atoms with van der Waals surface area (Å²) in [5, 5.41) is 18.0. The van der Waals surface area contributed by atoms with Crippen molar-refractivity contribution >= 4 is 23.3 Å². The van der Waals surface area contributed by atoms with Gasteiger partial charge in [0.05, 0.1) is 0 Å². The van der Waals surface area contributed by atoms with Crippen LogP contribution in [-0.2, 0) is 11.2 Å². The summed E-state index contributed by atoms with van der Waals surface area (Å²) in [7, 11) is 0. The van der Waals surface area contributed by atoms with Crippen LogP contribution in [0.1, 0.15) is 19.4 Å². The van der Waals surface area contributed by atoms with E-state index in [1.165, 1.54) is 5.56 Å². The molecule has 0 aliphatic carbocycles. The molecule has 2 amide bonds. The number of rotatable bonds is 6. The van der Waals surface area contributed by atoms with Gasteiger partial charge in [-0.25, -0.2) is 9.59 Å². The van der Waals surface area contributed by atoms with Crippen molar-refractivity contribution in [2.45, 2.75) is 26.3 Å². The highest BCUT2D eigenvalue weighted by Crippen LogP contribution is 2.05. The van der Waals surface area contributed by atoms with Crippen molar-refractivity contribution in [2.24, 2.45) is 5.92 Å². The Balaban J connectivity index is 2.30. The summed E-state index contributed by atoms with van der Waals surface area (Å²) in [6.45, 7) is 4.00. The molecule has 0 aliphatic heterocycles. The number of nitrogens with one attached hydrogen (secondary N) is 2. The van der Waals surface area contributed by atoms with Gasteiger partial charge in [0.2, 0.25) is 0 Å². The maximum absolute atomic E-state index is 11.5. The number of carboxylic acid groups (broad SMARTS) is 1. The van der Waals surface area contributed by atoms with Gasteiger partial charge in [0.1, 0.15) is 6.04 Å². The van der Waals surface area contributed by atoms with Gasteiger partial charge in [-0.05, 0) is 34.7 Å². The Labute approximate surface area is 110 Å². The maximum atomic E-state index is 11.5. The third-order valence-electron chi connectivity index (χ3n) is 2.50. The fourth-order valence-corrected chi connectivity index (χ4v) is 2.16. The van der Waals surface area contributed by atoms with Crippen LogP contribution >= 0.6 is 11.3 Å². The van der Waals surface area contributed by atoms with Gasteiger partial charge < -0.3 is 15.7 Å². The zero-order valence-electron chi connectivity index (χ0n) is 10.5. The van der Waals surface area contributed by atoms with Crippen LogP contribution in [0.4, 0.5) is 4.79 Å². The molecule has 0 radical (unpaired) electrons. The normalized spacial score (nSPS) is 12.2. The van der Waals surface area contributed by atoms with Crippen molar-refractivity contribution in [2.75, 3.05) is 6.54 Å². The number of hydrogen-bond donors (Lipinski definition) is 3. The van der Waals surface area contributed by atoms with Crippen molar-refractivity contribution in [3.05, 3.63) is 22.4 Å². The van der Waals surface area contributed by atoms with Gasteiger partial charge in [0, 0.05) is 6.54 Å². The van der Waals surface area contributed by atoms with Crippen LogP contribution in [0.3, 0.4) is 0 Å². The third kappa shape index (κ3) is 4.75. The highest BCUT2D eigenvalue weighted by molar-refractivity contribution is 7.07. The van der Waals surface area contributed by atoms with Crippen molar-refractivity contribution in [3.63, 3.8) is 0 Å². The molecular formula is C12H18N2O3S. The van der Waals surface area contributed by atoms with Crippen LogP contribution in [0.25, 0.3) is 0 Å². The number of aliphatic carboxylic acids is 1. The Kier molecular flexibility index (Phi) is 5.64. The van der Waals surface area contributed by atoms with Gasteiger partial charge in [-0.1, -0.05) is 13.8 Å². The topological polar surface area (TPSA) is 78.4 Å². The average Bonchev–Trinajstić information content (AvgIpc) is 2.78. The molecule has 0 saturated carbocycles. The van der Waals surface area contributed by atoms with E-state index in [0.29, 0.717) is 6.54 Å². The number of urea groups is 1. The van der Waals surface area contributed by atoms with E-state index in [1.807, 2.05) is 16.8 Å². The molecule has 0 unspecified atom stereocenters. The van der Waals surface area contributed by atoms with Crippen LogP contribution in [0.2, 0.25) is 0 Å². The molecule has 0 aliphatic rings. The third-order valence-corrected chi connectivity index (χ3v) is 3.23. The van der Waals surface area contributed by atoms with E-state index in [9.17, 15) is 9.59 Å². The summed E-state index contributed by atoms with van der Waals surface area (Å²) in [4.78, 5) is 22.4. The summed E-state index contributed by atoms with van der Waals surface area (Å²) in [5.41, 5.74) is 1.17. The first kappa shape index (κ1) is 14.5. The average molecular weight is 270 g/mol. The van der Waals surface area contributed by atoms with Gasteiger partial charge in [0.25, 0.3) is 0 Å². The molecule has 0 aromatic carbocycles. The van der Waals surface area contributed by atoms with Crippen LogP contribution < -0.4 is 10.6 Å². The fraction of sp³-hybridized carbons (Fsp3) is 0.500. The zero-order valence-corrected chi connectivity index (χ0v) is 11.3. The first-order valence-electron chi connectivity index (χ1n) is 5.79. The number of hydrogen-bond acceptors (Lipinski definition) is 3. The van der Waals surface area contributed by atoms with Gasteiger partial charge in [0.15, 0.2) is 0 Å². The highest BCUT2D eigenvalue weighted by Gasteiger charge is 2.22. The highest BCUT2D eigenvalue weighted by atomic mass is 32.1. The summed E-state index contributed by atoms with van der Waals surface area (Å²) in [5.74, 6) is -1.16. The standard InChI is InChI=1S/C12H18N2O3S/c1-8(2)10(11(15)16)14-12(17)13-5-3-9-4-6-18-7-9/h4,6-8,10H,3,5H2,1-2H3,(H,15,16)(H2,13,14,17)/t10-/m1/s1. The van der Waals surface area contributed by atoms with Crippen molar-refractivity contribution < 1.29 is 14.7 Å². The smallest absolute Gasteiger partial charge is 0.326 e. The summed E-state index contributed by atoms with van der Waals surface area (Å²) in [6, 6.07) is 0.704. The van der Waals surface area contributed by atoms with Crippen molar-refractivity contribution in [1.82, 2.24) is 10.6 Å². The van der Waals surface area contributed by atoms with Crippen LogP contribution in [0.5, 0.6) is 0 Å². The van der Waals surface area contributed by atoms with E-state index < -0.39 is 18.0 Å². The molecular weight excluding hydrogens is 252 g/mol. The molecule has 100 valence electrons. The Morgan fingerprint density at radius 3 is 2.67 bits per heavy atom. The number of carbonyl (C=O) groups excluding carboxylic acids is 1. The van der Waals surface area contributed by atoms with E-state index >= 15 is 0 Å². The van der Waals surface area contributed by atoms with E-state index in [4.69, 9.17) is 5.11 Å². The molecule has 3 N–H and O–H groups in total. The molecule has 1 rings (SSSR count). The lowest BCUT2D eigenvalue weighted by Gasteiger charge is -2.18. The number of thiophene rings is 1. The monoisotopic (exact) mass is 270 g/mol. The predicted molar refractivity (Wildman–Crippen MR) is 70.8 cm³/mol. The molecule has 1 heterocycles. The molecule has 18 heavy (non-hydrogen) atoms. The lowest BCUT2D eigenvalue weighted by molar-refractivity contribution is -0.140. The fourth-order valence-electron chi connectivity index (χ4n) is 1.46. The van der Waals surface area contributed by atoms with Gasteiger partial charge >= 0.3 is 12.0 Å². The Hall–Kier alpha value is -1.56. The first-order valence-corrected chi connectivity index (χ1v) is 6.73. The summed E-state index contributed by atoms with van der Waals surface area (Å²) >= 11 is 1.61. The molecule has 0 fully saturated rings. The van der Waals surface area contributed by atoms with Gasteiger partial charge in [-0.3, -0.25) is 0 Å². The number of amides is 2. The number of carboxylic acids is 1. The molecule has 5 nitrogen and oxygen atoms in total. The van der Waals surface area contributed by atoms with E-state index in [1.54, 1.807) is 25.2 Å². The van der Waals surface area contributed by atoms with Gasteiger partial charge in [-0.2, -0.15) is 11.3 Å². The SMILES string of the molecule is CC(C)[C@@H](NC(=O)NCCc1ccsc1)C(=O)O. The molecule has 6 heteroatoms. The predicted octanol–water partition coefficient (Wildman–Crippen LogP) is 1.70. The van der Waals surface area contributed by atoms with Crippen LogP contribution in [0, 0.1) is 5.92 Å². The van der Waals surface area contributed by atoms with Crippen LogP contribution in [0.15, 0.2) is 16.8 Å². The first-order chi connectivity index (χ1) is 8.50. The molecule has 0 spiro atoms. The molecule has 1 aromatic heterocycles. The minimum Gasteiger partial charge on any atom is -0.480 e. The second-order valence-electron chi connectivity index (χ2n) is 4.34. The molecule has 1 aromatic rings. The maximum Gasteiger partial charge on any atom is 0.326 e. The lowest BCUT2D eigenvalue weighted by Crippen LogP contribution is -2.48. The quantitative estimate of drug-likeness (QED) is 0.736. The zero-order chi connectivity index (χ0) is 13.5. The second kappa shape index (κ2) is 7.00. The Bertz CT molecular complexity index is 390. The van der Waals surface area contributed by atoms with E-state index in [-0.39, 0.29) is 5.92 Å². The molecule has 0 saturated heterocycles. The number of carbonyl (C=O) groups is 2. The lowest BCUT2D eigenvalue weighted by atomic mass is 10.1. The summed E-state index contributed by atoms with van der Waals surface area (Å²) in [6.07, 6.45) is 0.746. The van der Waals surface area contributed by atoms with E-state index in [2.05, 4.69) is 10.6 Å². The van der Waals surface area contributed by atoms with Crippen molar-refractivity contribution in [1.29, 1.82) is 0 Å². The van der Waals surface area contributed by atoms with Crippen LogP contribution in [-0.4, -0.2) is 29.7 Å². The minimum absolute atomic E-state index is 0.148. The van der Waals surface area contributed by atoms with Crippen molar-refractivity contribution in [3.8, 4) is 0 Å². The Morgan fingerprint density at radius 2 is 2.17 bits per heavy atom. The largest absolute Gasteiger partial charge is 0.480 e. The molecule has 1 atom stereocenters.